The highest BCUT2D eigenvalue weighted by Crippen LogP contribution is 2.18. The summed E-state index contributed by atoms with van der Waals surface area (Å²) < 4.78 is 10.2. The fraction of sp³-hybridized carbons (Fsp3) is 0.118. The number of aryl methyl sites for hydroxylation is 1. The van der Waals surface area contributed by atoms with Gasteiger partial charge in [-0.15, -0.1) is 0 Å². The third-order valence-corrected chi connectivity index (χ3v) is 3.52. The number of halogens is 1. The Kier molecular flexibility index (Phi) is 4.12. The molecule has 0 aliphatic heterocycles. The first-order valence-electron chi connectivity index (χ1n) is 6.98. The second kappa shape index (κ2) is 6.22. The van der Waals surface area contributed by atoms with E-state index in [4.69, 9.17) is 20.8 Å². The van der Waals surface area contributed by atoms with E-state index in [1.165, 1.54) is 12.1 Å². The van der Waals surface area contributed by atoms with Gasteiger partial charge in [-0.3, -0.25) is 0 Å². The van der Waals surface area contributed by atoms with E-state index in [2.05, 4.69) is 4.98 Å². The second-order valence-corrected chi connectivity index (χ2v) is 5.25. The smallest absolute Gasteiger partial charge is 0.352 e. The van der Waals surface area contributed by atoms with Gasteiger partial charge in [-0.25, -0.2) is 14.6 Å². The van der Waals surface area contributed by atoms with E-state index in [1.54, 1.807) is 18.2 Å². The van der Waals surface area contributed by atoms with Crippen molar-refractivity contribution in [3.63, 3.8) is 0 Å². The third-order valence-electron chi connectivity index (χ3n) is 3.31. The molecule has 23 heavy (non-hydrogen) atoms. The first kappa shape index (κ1) is 15.2. The van der Waals surface area contributed by atoms with Crippen LogP contribution in [0.25, 0.3) is 11.0 Å². The number of rotatable bonds is 3. The van der Waals surface area contributed by atoms with Crippen LogP contribution in [0.1, 0.15) is 22.8 Å². The Balaban J connectivity index is 1.99. The van der Waals surface area contributed by atoms with E-state index < -0.39 is 11.6 Å². The summed E-state index contributed by atoms with van der Waals surface area (Å²) >= 11 is 5.73. The summed E-state index contributed by atoms with van der Waals surface area (Å²) in [5, 5.41) is 0.850. The Morgan fingerprint density at radius 2 is 2.09 bits per heavy atom. The molecule has 6 heteroatoms. The van der Waals surface area contributed by atoms with Gasteiger partial charge in [0, 0.05) is 11.5 Å². The SMILES string of the molecule is CCc1ccc2oc(=O)c(C(=O)Oc3cccc(Cl)n3)cc2c1. The lowest BCUT2D eigenvalue weighted by molar-refractivity contribution is 0.0723. The van der Waals surface area contributed by atoms with Crippen LogP contribution in [0.2, 0.25) is 5.15 Å². The highest BCUT2D eigenvalue weighted by molar-refractivity contribution is 6.29. The lowest BCUT2D eigenvalue weighted by atomic mass is 10.1. The zero-order valence-electron chi connectivity index (χ0n) is 12.2. The minimum absolute atomic E-state index is 0.0179. The van der Waals surface area contributed by atoms with Gasteiger partial charge in [0.05, 0.1) is 0 Å². The Morgan fingerprint density at radius 3 is 2.83 bits per heavy atom. The maximum absolute atomic E-state index is 12.2. The highest BCUT2D eigenvalue weighted by Gasteiger charge is 2.17. The molecule has 0 saturated carbocycles. The number of benzene rings is 1. The normalized spacial score (nSPS) is 10.7. The minimum atomic E-state index is -0.836. The number of hydrogen-bond donors (Lipinski definition) is 0. The fourth-order valence-corrected chi connectivity index (χ4v) is 2.29. The molecule has 2 aromatic heterocycles. The molecular weight excluding hydrogens is 318 g/mol. The first-order chi connectivity index (χ1) is 11.1. The summed E-state index contributed by atoms with van der Waals surface area (Å²) in [7, 11) is 0. The molecule has 0 atom stereocenters. The average Bonchev–Trinajstić information content (AvgIpc) is 2.53. The highest BCUT2D eigenvalue weighted by atomic mass is 35.5. The van der Waals surface area contributed by atoms with Crippen LogP contribution in [0.3, 0.4) is 0 Å². The topological polar surface area (TPSA) is 69.4 Å². The number of hydrogen-bond acceptors (Lipinski definition) is 5. The van der Waals surface area contributed by atoms with Crippen LogP contribution in [0.4, 0.5) is 0 Å². The number of pyridine rings is 1. The third kappa shape index (κ3) is 3.24. The average molecular weight is 330 g/mol. The molecule has 0 spiro atoms. The van der Waals surface area contributed by atoms with Crippen LogP contribution in [0.5, 0.6) is 5.88 Å². The number of carbonyl (C=O) groups excluding carboxylic acids is 1. The van der Waals surface area contributed by atoms with Gasteiger partial charge in [0.1, 0.15) is 16.3 Å². The molecule has 0 saturated heterocycles. The molecule has 0 N–H and O–H groups in total. The summed E-state index contributed by atoms with van der Waals surface area (Å²) in [6, 6.07) is 11.5. The Morgan fingerprint density at radius 1 is 1.26 bits per heavy atom. The molecule has 0 radical (unpaired) electrons. The molecule has 116 valence electrons. The van der Waals surface area contributed by atoms with Crippen molar-refractivity contribution in [3.8, 4) is 5.88 Å². The molecule has 0 amide bonds. The number of ether oxygens (including phenoxy) is 1. The summed E-state index contributed by atoms with van der Waals surface area (Å²) in [5.74, 6) is -0.818. The maximum Gasteiger partial charge on any atom is 0.352 e. The van der Waals surface area contributed by atoms with E-state index >= 15 is 0 Å². The quantitative estimate of drug-likeness (QED) is 0.417. The molecule has 1 aromatic carbocycles. The van der Waals surface area contributed by atoms with Crippen LogP contribution >= 0.6 is 11.6 Å². The van der Waals surface area contributed by atoms with E-state index in [1.807, 2.05) is 19.1 Å². The van der Waals surface area contributed by atoms with Crippen molar-refractivity contribution in [3.05, 3.63) is 69.2 Å². The zero-order valence-corrected chi connectivity index (χ0v) is 13.0. The van der Waals surface area contributed by atoms with Gasteiger partial charge in [-0.05, 0) is 36.2 Å². The molecule has 2 heterocycles. The standard InChI is InChI=1S/C17H12ClNO4/c1-2-10-6-7-13-11(8-10)9-12(16(20)22-13)17(21)23-15-5-3-4-14(18)19-15/h3-9H,2H2,1H3. The van der Waals surface area contributed by atoms with Crippen molar-refractivity contribution < 1.29 is 13.9 Å². The van der Waals surface area contributed by atoms with Gasteiger partial charge in [0.15, 0.2) is 0 Å². The van der Waals surface area contributed by atoms with Crippen molar-refractivity contribution in [2.24, 2.45) is 0 Å². The van der Waals surface area contributed by atoms with E-state index in [9.17, 15) is 9.59 Å². The summed E-state index contributed by atoms with van der Waals surface area (Å²) in [4.78, 5) is 28.0. The molecule has 3 rings (SSSR count). The van der Waals surface area contributed by atoms with Crippen molar-refractivity contribution in [2.45, 2.75) is 13.3 Å². The lowest BCUT2D eigenvalue weighted by Gasteiger charge is -2.04. The molecule has 0 unspecified atom stereocenters. The molecule has 0 aliphatic rings. The molecule has 5 nitrogen and oxygen atoms in total. The largest absolute Gasteiger partial charge is 0.422 e. The van der Waals surface area contributed by atoms with Crippen LogP contribution in [0, 0.1) is 0 Å². The van der Waals surface area contributed by atoms with E-state index in [0.717, 1.165) is 12.0 Å². The monoisotopic (exact) mass is 329 g/mol. The number of aromatic nitrogens is 1. The van der Waals surface area contributed by atoms with Crippen LogP contribution in [0.15, 0.2) is 51.7 Å². The predicted octanol–water partition coefficient (Wildman–Crippen LogP) is 3.62. The van der Waals surface area contributed by atoms with Gasteiger partial charge >= 0.3 is 11.6 Å². The Bertz CT molecular complexity index is 949. The van der Waals surface area contributed by atoms with Crippen molar-refractivity contribution >= 4 is 28.5 Å². The molecule has 3 aromatic rings. The fourth-order valence-electron chi connectivity index (χ4n) is 2.13. The van der Waals surface area contributed by atoms with E-state index in [0.29, 0.717) is 11.0 Å². The molecule has 0 bridgehead atoms. The van der Waals surface area contributed by atoms with Gasteiger partial charge in [-0.2, -0.15) is 0 Å². The van der Waals surface area contributed by atoms with Crippen LogP contribution < -0.4 is 10.4 Å². The lowest BCUT2D eigenvalue weighted by Crippen LogP contribution is -2.19. The van der Waals surface area contributed by atoms with Crippen LogP contribution in [-0.4, -0.2) is 11.0 Å². The van der Waals surface area contributed by atoms with Gasteiger partial charge in [0.25, 0.3) is 0 Å². The second-order valence-electron chi connectivity index (χ2n) is 4.86. The van der Waals surface area contributed by atoms with E-state index in [-0.39, 0.29) is 16.6 Å². The number of carbonyl (C=O) groups is 1. The molecule has 0 aliphatic carbocycles. The van der Waals surface area contributed by atoms with Gasteiger partial charge in [-0.1, -0.05) is 30.7 Å². The maximum atomic E-state index is 12.2. The van der Waals surface area contributed by atoms with Crippen LogP contribution in [-0.2, 0) is 6.42 Å². The number of nitrogens with zero attached hydrogens (tertiary/aromatic N) is 1. The summed E-state index contributed by atoms with van der Waals surface area (Å²) in [6.45, 7) is 2.01. The van der Waals surface area contributed by atoms with Crippen molar-refractivity contribution in [1.82, 2.24) is 4.98 Å². The number of fused-ring (bicyclic) bond motifs is 1. The molecular formula is C17H12ClNO4. The van der Waals surface area contributed by atoms with Crippen molar-refractivity contribution in [2.75, 3.05) is 0 Å². The summed E-state index contributed by atoms with van der Waals surface area (Å²) in [5.41, 5.74) is 0.549. The van der Waals surface area contributed by atoms with Gasteiger partial charge in [0.2, 0.25) is 5.88 Å². The predicted molar refractivity (Wildman–Crippen MR) is 86.1 cm³/mol. The molecule has 0 fully saturated rings. The zero-order chi connectivity index (χ0) is 16.4. The first-order valence-corrected chi connectivity index (χ1v) is 7.36. The Labute approximate surface area is 136 Å². The van der Waals surface area contributed by atoms with Gasteiger partial charge < -0.3 is 9.15 Å². The number of esters is 1. The minimum Gasteiger partial charge on any atom is -0.422 e. The summed E-state index contributed by atoms with van der Waals surface area (Å²) in [6.07, 6.45) is 0.835. The Hall–Kier alpha value is -2.66. The van der Waals surface area contributed by atoms with Crippen molar-refractivity contribution in [1.29, 1.82) is 0 Å².